The number of halogens is 1. The Balaban J connectivity index is 2.68. The van der Waals surface area contributed by atoms with Crippen LogP contribution in [0.1, 0.15) is 16.2 Å². The largest absolute Gasteiger partial charge is 0.378 e. The average Bonchev–Trinajstić information content (AvgIpc) is 2.55. The molecule has 0 unspecified atom stereocenters. The lowest BCUT2D eigenvalue weighted by Gasteiger charge is -1.96. The van der Waals surface area contributed by atoms with E-state index in [1.165, 1.54) is 0 Å². The Morgan fingerprint density at radius 2 is 2.47 bits per heavy atom. The van der Waals surface area contributed by atoms with Gasteiger partial charge in [0.15, 0.2) is 6.29 Å². The van der Waals surface area contributed by atoms with Crippen LogP contribution in [0.4, 0.5) is 0 Å². The smallest absolute Gasteiger partial charge is 0.234 e. The first kappa shape index (κ1) is 10.3. The number of ether oxygens (including phenoxy) is 1. The molecule has 0 N–H and O–H groups in total. The summed E-state index contributed by atoms with van der Waals surface area (Å²) in [5.41, 5.74) is 1.07. The molecule has 0 amide bonds. The maximum atomic E-state index is 10.9. The Bertz CT molecular complexity index is 509. The summed E-state index contributed by atoms with van der Waals surface area (Å²) in [5, 5.41) is 0. The second-order valence-electron chi connectivity index (χ2n) is 2.94. The third kappa shape index (κ3) is 1.78. The van der Waals surface area contributed by atoms with Crippen LogP contribution in [0.3, 0.4) is 0 Å². The zero-order valence-corrected chi connectivity index (χ0v) is 9.56. The summed E-state index contributed by atoms with van der Waals surface area (Å²) in [6.45, 7) is 0.301. The molecule has 2 heterocycles. The van der Waals surface area contributed by atoms with Gasteiger partial charge in [-0.3, -0.25) is 9.20 Å². The first-order valence-corrected chi connectivity index (χ1v) is 5.02. The van der Waals surface area contributed by atoms with Gasteiger partial charge >= 0.3 is 0 Å². The van der Waals surface area contributed by atoms with E-state index in [1.807, 2.05) is 0 Å². The molecule has 0 saturated heterocycles. The maximum Gasteiger partial charge on any atom is 0.234 e. The molecule has 0 fully saturated rings. The Hall–Kier alpha value is -1.27. The van der Waals surface area contributed by atoms with Crippen molar-refractivity contribution < 1.29 is 9.53 Å². The van der Waals surface area contributed by atoms with Crippen molar-refractivity contribution in [1.82, 2.24) is 14.4 Å². The highest BCUT2D eigenvalue weighted by Gasteiger charge is 2.11. The van der Waals surface area contributed by atoms with Crippen LogP contribution in [0.15, 0.2) is 16.9 Å². The van der Waals surface area contributed by atoms with E-state index in [1.54, 1.807) is 23.9 Å². The van der Waals surface area contributed by atoms with Crippen molar-refractivity contribution in [2.75, 3.05) is 7.11 Å². The fraction of sp³-hybridized carbons (Fsp3) is 0.222. The summed E-state index contributed by atoms with van der Waals surface area (Å²) in [4.78, 5) is 19.2. The predicted molar refractivity (Wildman–Crippen MR) is 56.8 cm³/mol. The molecule has 15 heavy (non-hydrogen) atoms. The molecule has 0 atom stereocenters. The van der Waals surface area contributed by atoms with Gasteiger partial charge in [-0.15, -0.1) is 0 Å². The summed E-state index contributed by atoms with van der Waals surface area (Å²) in [5.74, 6) is 0.493. The van der Waals surface area contributed by atoms with Crippen LogP contribution in [-0.4, -0.2) is 27.8 Å². The normalized spacial score (nSPS) is 10.8. The molecule has 0 spiro atoms. The first-order valence-electron chi connectivity index (χ1n) is 4.23. The summed E-state index contributed by atoms with van der Waals surface area (Å²) < 4.78 is 7.38. The number of fused-ring (bicyclic) bond motifs is 1. The van der Waals surface area contributed by atoms with E-state index in [9.17, 15) is 4.79 Å². The van der Waals surface area contributed by atoms with Gasteiger partial charge in [0.25, 0.3) is 0 Å². The summed E-state index contributed by atoms with van der Waals surface area (Å²) in [6, 6.07) is 0. The molecule has 78 valence electrons. The Kier molecular flexibility index (Phi) is 2.79. The number of hydrogen-bond acceptors (Lipinski definition) is 4. The molecule has 2 aromatic heterocycles. The van der Waals surface area contributed by atoms with Gasteiger partial charge in [-0.1, -0.05) is 0 Å². The number of hydrogen-bond donors (Lipinski definition) is 0. The van der Waals surface area contributed by atoms with E-state index in [0.717, 1.165) is 10.8 Å². The van der Waals surface area contributed by atoms with Crippen LogP contribution in [0, 0.1) is 0 Å². The van der Waals surface area contributed by atoms with E-state index in [4.69, 9.17) is 4.74 Å². The van der Waals surface area contributed by atoms with Crippen LogP contribution in [-0.2, 0) is 11.3 Å². The minimum absolute atomic E-state index is 0.301. The van der Waals surface area contributed by atoms with Gasteiger partial charge in [0.05, 0.1) is 16.8 Å². The lowest BCUT2D eigenvalue weighted by Crippen LogP contribution is -1.96. The van der Waals surface area contributed by atoms with Crippen molar-refractivity contribution >= 4 is 28.0 Å². The summed E-state index contributed by atoms with van der Waals surface area (Å²) >= 11 is 3.29. The van der Waals surface area contributed by atoms with E-state index in [-0.39, 0.29) is 0 Å². The summed E-state index contributed by atoms with van der Waals surface area (Å²) in [7, 11) is 1.56. The van der Waals surface area contributed by atoms with Gasteiger partial charge in [0.1, 0.15) is 5.69 Å². The monoisotopic (exact) mass is 269 g/mol. The van der Waals surface area contributed by atoms with Gasteiger partial charge in [0, 0.05) is 19.5 Å². The molecule has 5 nitrogen and oxygen atoms in total. The van der Waals surface area contributed by atoms with E-state index in [2.05, 4.69) is 25.9 Å². The van der Waals surface area contributed by atoms with Crippen LogP contribution in [0.5, 0.6) is 0 Å². The number of imidazole rings is 1. The van der Waals surface area contributed by atoms with E-state index < -0.39 is 0 Å². The van der Waals surface area contributed by atoms with Crippen molar-refractivity contribution in [3.63, 3.8) is 0 Å². The molecule has 0 aliphatic heterocycles. The van der Waals surface area contributed by atoms with Crippen LogP contribution < -0.4 is 0 Å². The fourth-order valence-electron chi connectivity index (χ4n) is 1.34. The van der Waals surface area contributed by atoms with Crippen molar-refractivity contribution in [2.24, 2.45) is 0 Å². The number of methoxy groups -OCH3 is 1. The van der Waals surface area contributed by atoms with Gasteiger partial charge < -0.3 is 4.74 Å². The van der Waals surface area contributed by atoms with Crippen molar-refractivity contribution in [3.8, 4) is 0 Å². The number of aromatic nitrogens is 3. The minimum atomic E-state index is 0.301. The lowest BCUT2D eigenvalue weighted by atomic mass is 10.3. The molecule has 0 aliphatic carbocycles. The summed E-state index contributed by atoms with van der Waals surface area (Å²) in [6.07, 6.45) is 4.13. The Labute approximate surface area is 94.2 Å². The molecular weight excluding hydrogens is 262 g/mol. The number of rotatable bonds is 3. The number of aldehydes is 1. The zero-order valence-electron chi connectivity index (χ0n) is 7.98. The minimum Gasteiger partial charge on any atom is -0.378 e. The molecule has 0 aliphatic rings. The van der Waals surface area contributed by atoms with Gasteiger partial charge in [0.2, 0.25) is 5.78 Å². The van der Waals surface area contributed by atoms with Crippen molar-refractivity contribution in [1.29, 1.82) is 0 Å². The third-order valence-corrected chi connectivity index (χ3v) is 2.36. The topological polar surface area (TPSA) is 56.5 Å². The molecule has 0 radical (unpaired) electrons. The highest BCUT2D eigenvalue weighted by Crippen LogP contribution is 2.14. The molecule has 6 heteroatoms. The lowest BCUT2D eigenvalue weighted by molar-refractivity contribution is 0.111. The van der Waals surface area contributed by atoms with Crippen LogP contribution in [0.25, 0.3) is 5.78 Å². The second-order valence-corrected chi connectivity index (χ2v) is 3.85. The molecule has 0 saturated carbocycles. The standard InChI is InChI=1S/C9H8BrN3O2/c1-15-5-7-8(4-14)13-3-6(10)2-11-9(13)12-7/h2-4H,5H2,1H3. The highest BCUT2D eigenvalue weighted by atomic mass is 79.9. The first-order chi connectivity index (χ1) is 7.26. The van der Waals surface area contributed by atoms with Gasteiger partial charge in [-0.25, -0.2) is 9.97 Å². The third-order valence-electron chi connectivity index (χ3n) is 1.95. The fourth-order valence-corrected chi connectivity index (χ4v) is 1.65. The van der Waals surface area contributed by atoms with E-state index in [0.29, 0.717) is 23.8 Å². The zero-order chi connectivity index (χ0) is 10.8. The Morgan fingerprint density at radius 1 is 1.67 bits per heavy atom. The number of carbonyl (C=O) groups is 1. The molecule has 2 aromatic rings. The van der Waals surface area contributed by atoms with Crippen LogP contribution in [0.2, 0.25) is 0 Å². The van der Waals surface area contributed by atoms with E-state index >= 15 is 0 Å². The Morgan fingerprint density at radius 3 is 3.13 bits per heavy atom. The SMILES string of the molecule is COCc1nc2ncc(Br)cn2c1C=O. The predicted octanol–water partition coefficient (Wildman–Crippen LogP) is 1.45. The van der Waals surface area contributed by atoms with Crippen molar-refractivity contribution in [2.45, 2.75) is 6.61 Å². The number of nitrogens with zero attached hydrogens (tertiary/aromatic N) is 3. The molecule has 2 rings (SSSR count). The van der Waals surface area contributed by atoms with Crippen molar-refractivity contribution in [3.05, 3.63) is 28.3 Å². The maximum absolute atomic E-state index is 10.9. The molecule has 0 aromatic carbocycles. The highest BCUT2D eigenvalue weighted by molar-refractivity contribution is 9.10. The number of carbonyl (C=O) groups excluding carboxylic acids is 1. The average molecular weight is 270 g/mol. The molecular formula is C9H8BrN3O2. The van der Waals surface area contributed by atoms with Gasteiger partial charge in [-0.05, 0) is 15.9 Å². The quantitative estimate of drug-likeness (QED) is 0.792. The van der Waals surface area contributed by atoms with Crippen LogP contribution >= 0.6 is 15.9 Å². The molecule has 0 bridgehead atoms. The van der Waals surface area contributed by atoms with Gasteiger partial charge in [-0.2, -0.15) is 0 Å². The second kappa shape index (κ2) is 4.08.